The molecule has 0 fully saturated rings. The number of hydrogen-bond donors (Lipinski definition) is 0. The Morgan fingerprint density at radius 1 is 1.07 bits per heavy atom. The lowest BCUT2D eigenvalue weighted by Crippen LogP contribution is -1.95. The maximum Gasteiger partial charge on any atom is -0.0260 e. The molecule has 0 saturated heterocycles. The van der Waals surface area contributed by atoms with Gasteiger partial charge in [-0.15, -0.1) is 0 Å². The first-order chi connectivity index (χ1) is 7.31. The van der Waals surface area contributed by atoms with E-state index in [2.05, 4.69) is 38.6 Å². The first-order valence-corrected chi connectivity index (χ1v) is 6.06. The van der Waals surface area contributed by atoms with E-state index in [1.54, 1.807) is 0 Å². The molecule has 0 aliphatic rings. The molecule has 0 unspecified atom stereocenters. The van der Waals surface area contributed by atoms with Gasteiger partial charge in [0.1, 0.15) is 0 Å². The van der Waals surface area contributed by atoms with Crippen LogP contribution >= 0.6 is 0 Å². The highest BCUT2D eigenvalue weighted by Crippen LogP contribution is 2.17. The van der Waals surface area contributed by atoms with Gasteiger partial charge < -0.3 is 0 Å². The van der Waals surface area contributed by atoms with Crippen LogP contribution in [0.1, 0.15) is 49.8 Å². The van der Waals surface area contributed by atoms with E-state index in [0.29, 0.717) is 0 Å². The molecule has 0 heteroatoms. The molecule has 0 radical (unpaired) electrons. The second kappa shape index (κ2) is 6.44. The molecule has 0 spiro atoms. The SMILES string of the molecule is C=Cc1ccc(CCCC)c(CCC)c1. The zero-order valence-electron chi connectivity index (χ0n) is 10.1. The molecular weight excluding hydrogens is 180 g/mol. The number of benzene rings is 1. The van der Waals surface area contributed by atoms with Crippen LogP contribution in [-0.4, -0.2) is 0 Å². The average Bonchev–Trinajstić information content (AvgIpc) is 2.27. The van der Waals surface area contributed by atoms with E-state index in [1.807, 2.05) is 6.08 Å². The number of aryl methyl sites for hydroxylation is 2. The molecule has 82 valence electrons. The van der Waals surface area contributed by atoms with Gasteiger partial charge in [-0.2, -0.15) is 0 Å². The molecule has 1 aromatic carbocycles. The molecule has 0 N–H and O–H groups in total. The highest BCUT2D eigenvalue weighted by molar-refractivity contribution is 5.50. The Hall–Kier alpha value is -1.04. The van der Waals surface area contributed by atoms with Crippen LogP contribution in [0.4, 0.5) is 0 Å². The molecule has 0 aromatic heterocycles. The fourth-order valence-corrected chi connectivity index (χ4v) is 1.89. The van der Waals surface area contributed by atoms with Gasteiger partial charge in [0.15, 0.2) is 0 Å². The van der Waals surface area contributed by atoms with E-state index >= 15 is 0 Å². The Morgan fingerprint density at radius 3 is 2.47 bits per heavy atom. The Balaban J connectivity index is 2.87. The van der Waals surface area contributed by atoms with Crippen LogP contribution in [0, 0.1) is 0 Å². The van der Waals surface area contributed by atoms with Crippen LogP contribution < -0.4 is 0 Å². The predicted molar refractivity (Wildman–Crippen MR) is 69.1 cm³/mol. The van der Waals surface area contributed by atoms with Gasteiger partial charge in [0, 0.05) is 0 Å². The zero-order valence-corrected chi connectivity index (χ0v) is 10.1. The minimum absolute atomic E-state index is 1.20. The van der Waals surface area contributed by atoms with Crippen molar-refractivity contribution in [3.05, 3.63) is 41.5 Å². The van der Waals surface area contributed by atoms with Gasteiger partial charge >= 0.3 is 0 Å². The molecule has 1 aromatic rings. The molecule has 1 rings (SSSR count). The van der Waals surface area contributed by atoms with Crippen LogP contribution in [-0.2, 0) is 12.8 Å². The first kappa shape index (κ1) is 12.0. The molecular formula is C15H22. The van der Waals surface area contributed by atoms with Gasteiger partial charge in [-0.1, -0.05) is 57.5 Å². The van der Waals surface area contributed by atoms with Crippen molar-refractivity contribution in [2.45, 2.75) is 46.0 Å². The van der Waals surface area contributed by atoms with Crippen LogP contribution in [0.2, 0.25) is 0 Å². The average molecular weight is 202 g/mol. The van der Waals surface area contributed by atoms with Gasteiger partial charge in [-0.3, -0.25) is 0 Å². The summed E-state index contributed by atoms with van der Waals surface area (Å²) in [5.41, 5.74) is 4.30. The summed E-state index contributed by atoms with van der Waals surface area (Å²) >= 11 is 0. The largest absolute Gasteiger partial charge is 0.0985 e. The standard InChI is InChI=1S/C15H22/c1-4-7-9-14-11-10-13(6-3)12-15(14)8-5-2/h6,10-12H,3-5,7-9H2,1-2H3. The van der Waals surface area contributed by atoms with Gasteiger partial charge in [0.25, 0.3) is 0 Å². The zero-order chi connectivity index (χ0) is 11.1. The van der Waals surface area contributed by atoms with Crippen LogP contribution in [0.3, 0.4) is 0 Å². The third-order valence-corrected chi connectivity index (χ3v) is 2.79. The summed E-state index contributed by atoms with van der Waals surface area (Å²) < 4.78 is 0. The fourth-order valence-electron chi connectivity index (χ4n) is 1.89. The van der Waals surface area contributed by atoms with Crippen molar-refractivity contribution >= 4 is 6.08 Å². The molecule has 0 aliphatic heterocycles. The minimum Gasteiger partial charge on any atom is -0.0985 e. The summed E-state index contributed by atoms with van der Waals surface area (Å²) in [4.78, 5) is 0. The third kappa shape index (κ3) is 3.54. The minimum atomic E-state index is 1.20. The van der Waals surface area contributed by atoms with Crippen molar-refractivity contribution in [1.29, 1.82) is 0 Å². The summed E-state index contributed by atoms with van der Waals surface area (Å²) in [6.45, 7) is 8.31. The van der Waals surface area contributed by atoms with Crippen molar-refractivity contribution in [3.8, 4) is 0 Å². The van der Waals surface area contributed by atoms with Gasteiger partial charge in [0.05, 0.1) is 0 Å². The second-order valence-electron chi connectivity index (χ2n) is 4.09. The number of hydrogen-bond acceptors (Lipinski definition) is 0. The molecule has 0 amide bonds. The Morgan fingerprint density at radius 2 is 1.87 bits per heavy atom. The summed E-state index contributed by atoms with van der Waals surface area (Å²) in [6.07, 6.45) is 8.14. The van der Waals surface area contributed by atoms with Crippen LogP contribution in [0.15, 0.2) is 24.8 Å². The van der Waals surface area contributed by atoms with Gasteiger partial charge in [-0.05, 0) is 36.0 Å². The Kier molecular flexibility index (Phi) is 5.17. The summed E-state index contributed by atoms with van der Waals surface area (Å²) in [5, 5.41) is 0. The lowest BCUT2D eigenvalue weighted by molar-refractivity contribution is 0.780. The lowest BCUT2D eigenvalue weighted by Gasteiger charge is -2.09. The van der Waals surface area contributed by atoms with E-state index < -0.39 is 0 Å². The number of unbranched alkanes of at least 4 members (excludes halogenated alkanes) is 1. The monoisotopic (exact) mass is 202 g/mol. The molecule has 0 bridgehead atoms. The highest BCUT2D eigenvalue weighted by atomic mass is 14.1. The number of rotatable bonds is 6. The maximum atomic E-state index is 3.82. The van der Waals surface area contributed by atoms with E-state index in [4.69, 9.17) is 0 Å². The third-order valence-electron chi connectivity index (χ3n) is 2.79. The first-order valence-electron chi connectivity index (χ1n) is 6.06. The molecule has 0 atom stereocenters. The Bertz CT molecular complexity index is 310. The van der Waals surface area contributed by atoms with Crippen molar-refractivity contribution in [2.24, 2.45) is 0 Å². The van der Waals surface area contributed by atoms with Crippen molar-refractivity contribution < 1.29 is 0 Å². The highest BCUT2D eigenvalue weighted by Gasteiger charge is 2.01. The summed E-state index contributed by atoms with van der Waals surface area (Å²) in [5.74, 6) is 0. The normalized spacial score (nSPS) is 10.3. The van der Waals surface area contributed by atoms with E-state index in [-0.39, 0.29) is 0 Å². The van der Waals surface area contributed by atoms with Gasteiger partial charge in [-0.25, -0.2) is 0 Å². The molecule has 0 heterocycles. The molecule has 0 aliphatic carbocycles. The van der Waals surface area contributed by atoms with Crippen molar-refractivity contribution in [3.63, 3.8) is 0 Å². The lowest BCUT2D eigenvalue weighted by atomic mass is 9.96. The summed E-state index contributed by atoms with van der Waals surface area (Å²) in [6, 6.07) is 6.75. The topological polar surface area (TPSA) is 0 Å². The molecule has 0 nitrogen and oxygen atoms in total. The summed E-state index contributed by atoms with van der Waals surface area (Å²) in [7, 11) is 0. The van der Waals surface area contributed by atoms with E-state index in [1.165, 1.54) is 48.8 Å². The van der Waals surface area contributed by atoms with E-state index in [9.17, 15) is 0 Å². The van der Waals surface area contributed by atoms with Crippen LogP contribution in [0.25, 0.3) is 6.08 Å². The van der Waals surface area contributed by atoms with Crippen molar-refractivity contribution in [1.82, 2.24) is 0 Å². The quantitative estimate of drug-likeness (QED) is 0.631. The smallest absolute Gasteiger partial charge is 0.0260 e. The fraction of sp³-hybridized carbons (Fsp3) is 0.467. The van der Waals surface area contributed by atoms with Crippen LogP contribution in [0.5, 0.6) is 0 Å². The predicted octanol–water partition coefficient (Wildman–Crippen LogP) is 4.62. The van der Waals surface area contributed by atoms with Crippen molar-refractivity contribution in [2.75, 3.05) is 0 Å². The van der Waals surface area contributed by atoms with E-state index in [0.717, 1.165) is 0 Å². The molecule has 0 saturated carbocycles. The maximum absolute atomic E-state index is 3.82. The molecule has 15 heavy (non-hydrogen) atoms. The Labute approximate surface area is 94.0 Å². The second-order valence-corrected chi connectivity index (χ2v) is 4.09. The van der Waals surface area contributed by atoms with Gasteiger partial charge in [0.2, 0.25) is 0 Å².